The van der Waals surface area contributed by atoms with Crippen LogP contribution in [-0.2, 0) is 6.54 Å². The molecule has 0 fully saturated rings. The normalized spacial score (nSPS) is 10.9. The van der Waals surface area contributed by atoms with Gasteiger partial charge in [-0.1, -0.05) is 12.1 Å². The molecule has 0 radical (unpaired) electrons. The van der Waals surface area contributed by atoms with Crippen LogP contribution in [0.25, 0.3) is 20.7 Å². The standard InChI is InChI=1S/C21H18N2O3S/c1-25-16-8-6-15(7-9-16)19-11-18-20(27-19)21(24)23(13-22-18)12-14-4-3-5-17(10-14)26-2/h3-11,13H,12H2,1-2H3. The van der Waals surface area contributed by atoms with Gasteiger partial charge in [-0.25, -0.2) is 4.98 Å². The Balaban J connectivity index is 1.70. The third kappa shape index (κ3) is 3.44. The van der Waals surface area contributed by atoms with Crippen molar-refractivity contribution in [2.45, 2.75) is 6.54 Å². The van der Waals surface area contributed by atoms with Crippen molar-refractivity contribution >= 4 is 21.6 Å². The molecule has 0 amide bonds. The second-order valence-electron chi connectivity index (χ2n) is 6.08. The maximum absolute atomic E-state index is 12.9. The topological polar surface area (TPSA) is 53.4 Å². The monoisotopic (exact) mass is 378 g/mol. The van der Waals surface area contributed by atoms with Crippen molar-refractivity contribution in [1.29, 1.82) is 0 Å². The maximum Gasteiger partial charge on any atom is 0.271 e. The Labute approximate surface area is 160 Å². The van der Waals surface area contributed by atoms with Gasteiger partial charge < -0.3 is 9.47 Å². The third-order valence-corrected chi connectivity index (χ3v) is 5.53. The van der Waals surface area contributed by atoms with Gasteiger partial charge in [0.15, 0.2) is 0 Å². The highest BCUT2D eigenvalue weighted by atomic mass is 32.1. The number of fused-ring (bicyclic) bond motifs is 1. The largest absolute Gasteiger partial charge is 0.497 e. The van der Waals surface area contributed by atoms with Crippen LogP contribution in [-0.4, -0.2) is 23.8 Å². The lowest BCUT2D eigenvalue weighted by molar-refractivity contribution is 0.414. The van der Waals surface area contributed by atoms with Gasteiger partial charge in [-0.2, -0.15) is 0 Å². The van der Waals surface area contributed by atoms with Crippen LogP contribution in [0.5, 0.6) is 11.5 Å². The summed E-state index contributed by atoms with van der Waals surface area (Å²) in [6.45, 7) is 0.453. The maximum atomic E-state index is 12.9. The summed E-state index contributed by atoms with van der Waals surface area (Å²) < 4.78 is 12.7. The Bertz CT molecular complexity index is 1150. The van der Waals surface area contributed by atoms with Gasteiger partial charge in [-0.05, 0) is 53.6 Å². The molecule has 0 unspecified atom stereocenters. The molecule has 4 rings (SSSR count). The van der Waals surface area contributed by atoms with Gasteiger partial charge in [-0.15, -0.1) is 11.3 Å². The molecule has 0 aliphatic carbocycles. The summed E-state index contributed by atoms with van der Waals surface area (Å²) in [6, 6.07) is 17.4. The quantitative estimate of drug-likeness (QED) is 0.522. The average Bonchev–Trinajstić information content (AvgIpc) is 3.15. The molecule has 0 saturated carbocycles. The van der Waals surface area contributed by atoms with Crippen LogP contribution in [0.1, 0.15) is 5.56 Å². The zero-order chi connectivity index (χ0) is 18.8. The van der Waals surface area contributed by atoms with Gasteiger partial charge in [0.1, 0.15) is 16.2 Å². The first-order valence-electron chi connectivity index (χ1n) is 8.44. The highest BCUT2D eigenvalue weighted by Gasteiger charge is 2.11. The highest BCUT2D eigenvalue weighted by Crippen LogP contribution is 2.31. The van der Waals surface area contributed by atoms with E-state index < -0.39 is 0 Å². The van der Waals surface area contributed by atoms with Gasteiger partial charge in [0.2, 0.25) is 0 Å². The molecule has 27 heavy (non-hydrogen) atoms. The number of thiophene rings is 1. The fourth-order valence-corrected chi connectivity index (χ4v) is 3.99. The second-order valence-corrected chi connectivity index (χ2v) is 7.13. The average molecular weight is 378 g/mol. The summed E-state index contributed by atoms with van der Waals surface area (Å²) in [7, 11) is 3.27. The number of aromatic nitrogens is 2. The van der Waals surface area contributed by atoms with E-state index in [-0.39, 0.29) is 5.56 Å². The first-order chi connectivity index (χ1) is 13.2. The van der Waals surface area contributed by atoms with Crippen molar-refractivity contribution in [2.75, 3.05) is 14.2 Å². The SMILES string of the molecule is COc1ccc(-c2cc3ncn(Cc4cccc(OC)c4)c(=O)c3s2)cc1. The van der Waals surface area contributed by atoms with E-state index >= 15 is 0 Å². The van der Waals surface area contributed by atoms with E-state index in [1.54, 1.807) is 25.1 Å². The molecule has 2 heterocycles. The Kier molecular flexibility index (Phi) is 4.64. The zero-order valence-corrected chi connectivity index (χ0v) is 15.8. The van der Waals surface area contributed by atoms with E-state index in [2.05, 4.69) is 4.98 Å². The molecule has 5 nitrogen and oxygen atoms in total. The van der Waals surface area contributed by atoms with Crippen LogP contribution < -0.4 is 15.0 Å². The second kappa shape index (κ2) is 7.25. The van der Waals surface area contributed by atoms with Crippen molar-refractivity contribution in [3.05, 3.63) is 76.8 Å². The molecular formula is C21H18N2O3S. The Morgan fingerprint density at radius 1 is 1.00 bits per heavy atom. The minimum Gasteiger partial charge on any atom is -0.497 e. The predicted molar refractivity (Wildman–Crippen MR) is 108 cm³/mol. The Morgan fingerprint density at radius 3 is 2.52 bits per heavy atom. The van der Waals surface area contributed by atoms with Crippen molar-refractivity contribution in [1.82, 2.24) is 9.55 Å². The molecule has 4 aromatic rings. The van der Waals surface area contributed by atoms with Crippen molar-refractivity contribution in [2.24, 2.45) is 0 Å². The fraction of sp³-hybridized carbons (Fsp3) is 0.143. The lowest BCUT2D eigenvalue weighted by Gasteiger charge is -2.07. The van der Waals surface area contributed by atoms with Gasteiger partial charge in [-0.3, -0.25) is 9.36 Å². The van der Waals surface area contributed by atoms with E-state index in [9.17, 15) is 4.79 Å². The van der Waals surface area contributed by atoms with Crippen LogP contribution in [0.4, 0.5) is 0 Å². The molecule has 0 N–H and O–H groups in total. The van der Waals surface area contributed by atoms with E-state index in [4.69, 9.17) is 9.47 Å². The number of nitrogens with zero attached hydrogens (tertiary/aromatic N) is 2. The molecule has 2 aromatic carbocycles. The first-order valence-corrected chi connectivity index (χ1v) is 9.26. The zero-order valence-electron chi connectivity index (χ0n) is 15.0. The van der Waals surface area contributed by atoms with Crippen LogP contribution >= 0.6 is 11.3 Å². The lowest BCUT2D eigenvalue weighted by atomic mass is 10.2. The number of rotatable bonds is 5. The molecule has 136 valence electrons. The van der Waals surface area contributed by atoms with Crippen molar-refractivity contribution < 1.29 is 9.47 Å². The Hall–Kier alpha value is -3.12. The van der Waals surface area contributed by atoms with Gasteiger partial charge in [0.05, 0.1) is 32.6 Å². The summed E-state index contributed by atoms with van der Waals surface area (Å²) in [6.07, 6.45) is 1.61. The molecule has 0 bridgehead atoms. The minimum absolute atomic E-state index is 0.0346. The molecule has 2 aromatic heterocycles. The van der Waals surface area contributed by atoms with Crippen LogP contribution in [0.15, 0.2) is 65.7 Å². The summed E-state index contributed by atoms with van der Waals surface area (Å²) in [5.74, 6) is 1.58. The molecule has 0 atom stereocenters. The number of ether oxygens (including phenoxy) is 2. The smallest absolute Gasteiger partial charge is 0.271 e. The van der Waals surface area contributed by atoms with Crippen LogP contribution in [0, 0.1) is 0 Å². The molecule has 6 heteroatoms. The molecular weight excluding hydrogens is 360 g/mol. The minimum atomic E-state index is -0.0346. The van der Waals surface area contributed by atoms with Gasteiger partial charge >= 0.3 is 0 Å². The van der Waals surface area contributed by atoms with E-state index in [0.29, 0.717) is 11.2 Å². The van der Waals surface area contributed by atoms with E-state index in [1.165, 1.54) is 11.3 Å². The lowest BCUT2D eigenvalue weighted by Crippen LogP contribution is -2.20. The van der Waals surface area contributed by atoms with Crippen molar-refractivity contribution in [3.8, 4) is 21.9 Å². The number of methoxy groups -OCH3 is 2. The van der Waals surface area contributed by atoms with Crippen LogP contribution in [0.2, 0.25) is 0 Å². The molecule has 0 saturated heterocycles. The molecule has 0 spiro atoms. The van der Waals surface area contributed by atoms with Gasteiger partial charge in [0, 0.05) is 4.88 Å². The summed E-state index contributed by atoms with van der Waals surface area (Å²) in [4.78, 5) is 18.4. The number of hydrogen-bond acceptors (Lipinski definition) is 5. The highest BCUT2D eigenvalue weighted by molar-refractivity contribution is 7.22. The van der Waals surface area contributed by atoms with Gasteiger partial charge in [0.25, 0.3) is 5.56 Å². The van der Waals surface area contributed by atoms with Crippen LogP contribution in [0.3, 0.4) is 0 Å². The molecule has 0 aliphatic heterocycles. The fourth-order valence-electron chi connectivity index (χ4n) is 2.92. The summed E-state index contributed by atoms with van der Waals surface area (Å²) in [5, 5.41) is 0. The number of benzene rings is 2. The van der Waals surface area contributed by atoms with E-state index in [1.807, 2.05) is 54.6 Å². The summed E-state index contributed by atoms with van der Waals surface area (Å²) in [5.41, 5.74) is 2.72. The predicted octanol–water partition coefficient (Wildman–Crippen LogP) is 4.19. The Morgan fingerprint density at radius 2 is 1.78 bits per heavy atom. The van der Waals surface area contributed by atoms with Crippen molar-refractivity contribution in [3.63, 3.8) is 0 Å². The molecule has 0 aliphatic rings. The van der Waals surface area contributed by atoms with E-state index in [0.717, 1.165) is 33.0 Å². The first kappa shape index (κ1) is 17.3. The third-order valence-electron chi connectivity index (χ3n) is 4.37. The summed E-state index contributed by atoms with van der Waals surface area (Å²) >= 11 is 1.46. The number of hydrogen-bond donors (Lipinski definition) is 0.